The van der Waals surface area contributed by atoms with Crippen molar-refractivity contribution in [2.24, 2.45) is 5.73 Å². The number of rotatable bonds is 4. The Kier molecular flexibility index (Phi) is 4.60. The fraction of sp³-hybridized carbons (Fsp3) is 0.533. The minimum atomic E-state index is -0.587. The van der Waals surface area contributed by atoms with Crippen LogP contribution >= 0.6 is 0 Å². The topological polar surface area (TPSA) is 55.6 Å². The van der Waals surface area contributed by atoms with E-state index in [1.165, 1.54) is 18.2 Å². The third-order valence-corrected chi connectivity index (χ3v) is 3.53. The molecule has 2 unspecified atom stereocenters. The second kappa shape index (κ2) is 6.22. The Morgan fingerprint density at radius 3 is 2.60 bits per heavy atom. The van der Waals surface area contributed by atoms with Gasteiger partial charge in [0.15, 0.2) is 6.10 Å². The van der Waals surface area contributed by atoms with Crippen molar-refractivity contribution in [1.29, 1.82) is 0 Å². The summed E-state index contributed by atoms with van der Waals surface area (Å²) in [5.74, 6) is 0.0899. The van der Waals surface area contributed by atoms with Crippen LogP contribution in [0.5, 0.6) is 5.75 Å². The number of nitrogens with two attached hydrogens (primary N) is 1. The molecule has 2 rings (SSSR count). The van der Waals surface area contributed by atoms with Gasteiger partial charge in [0, 0.05) is 24.7 Å². The second-order valence-corrected chi connectivity index (χ2v) is 5.26. The van der Waals surface area contributed by atoms with Gasteiger partial charge in [0.25, 0.3) is 5.91 Å². The Bertz CT molecular complexity index is 485. The van der Waals surface area contributed by atoms with Crippen LogP contribution in [0.3, 0.4) is 0 Å². The average molecular weight is 280 g/mol. The van der Waals surface area contributed by atoms with E-state index in [9.17, 15) is 9.18 Å². The highest BCUT2D eigenvalue weighted by atomic mass is 19.1. The molecule has 0 aliphatic carbocycles. The smallest absolute Gasteiger partial charge is 0.263 e. The van der Waals surface area contributed by atoms with Gasteiger partial charge < -0.3 is 15.4 Å². The highest BCUT2D eigenvalue weighted by Crippen LogP contribution is 2.26. The molecule has 0 aromatic heterocycles. The Hall–Kier alpha value is -1.62. The van der Waals surface area contributed by atoms with Gasteiger partial charge in [0.1, 0.15) is 11.6 Å². The van der Waals surface area contributed by atoms with Crippen LogP contribution in [0.1, 0.15) is 38.3 Å². The molecular weight excluding hydrogens is 259 g/mol. The third-order valence-electron chi connectivity index (χ3n) is 3.53. The fourth-order valence-corrected chi connectivity index (χ4v) is 2.42. The van der Waals surface area contributed by atoms with Crippen LogP contribution < -0.4 is 10.5 Å². The molecule has 1 aliphatic heterocycles. The molecule has 1 fully saturated rings. The summed E-state index contributed by atoms with van der Waals surface area (Å²) in [6, 6.07) is 3.85. The van der Waals surface area contributed by atoms with Crippen LogP contribution in [-0.2, 0) is 4.79 Å². The number of hydrogen-bond acceptors (Lipinski definition) is 3. The quantitative estimate of drug-likeness (QED) is 0.920. The highest BCUT2D eigenvalue weighted by Gasteiger charge is 2.25. The third kappa shape index (κ3) is 3.28. The predicted molar refractivity (Wildman–Crippen MR) is 74.9 cm³/mol. The lowest BCUT2D eigenvalue weighted by Crippen LogP contribution is -2.38. The normalized spacial score (nSPS) is 17.9. The molecule has 0 bridgehead atoms. The van der Waals surface area contributed by atoms with Crippen molar-refractivity contribution >= 4 is 5.91 Å². The molecule has 4 nitrogen and oxygen atoms in total. The maximum atomic E-state index is 13.3. The van der Waals surface area contributed by atoms with Crippen molar-refractivity contribution < 1.29 is 13.9 Å². The molecular formula is C15H21FN2O2. The largest absolute Gasteiger partial charge is 0.481 e. The number of ether oxygens (including phenoxy) is 1. The van der Waals surface area contributed by atoms with E-state index < -0.39 is 6.10 Å². The molecule has 1 amide bonds. The molecule has 1 saturated heterocycles. The van der Waals surface area contributed by atoms with E-state index in [0.717, 1.165) is 25.9 Å². The molecule has 1 aliphatic rings. The number of hydrogen-bond donors (Lipinski definition) is 1. The molecule has 0 saturated carbocycles. The molecule has 1 aromatic rings. The predicted octanol–water partition coefficient (Wildman–Crippen LogP) is 2.24. The average Bonchev–Trinajstić information content (AvgIpc) is 2.93. The summed E-state index contributed by atoms with van der Waals surface area (Å²) in [7, 11) is 0. The van der Waals surface area contributed by atoms with E-state index in [1.54, 1.807) is 18.7 Å². The van der Waals surface area contributed by atoms with Crippen molar-refractivity contribution in [2.75, 3.05) is 13.1 Å². The standard InChI is InChI=1S/C15H21FN2O2/c1-10(17)13-9-12(16)5-6-14(13)20-11(2)15(19)18-7-3-4-8-18/h5-6,9-11H,3-4,7-8,17H2,1-2H3. The number of carbonyl (C=O) groups excluding carboxylic acids is 1. The second-order valence-electron chi connectivity index (χ2n) is 5.26. The Labute approximate surface area is 118 Å². The van der Waals surface area contributed by atoms with Crippen molar-refractivity contribution in [3.63, 3.8) is 0 Å². The van der Waals surface area contributed by atoms with Crippen molar-refractivity contribution in [2.45, 2.75) is 38.8 Å². The van der Waals surface area contributed by atoms with E-state index in [0.29, 0.717) is 11.3 Å². The zero-order valence-corrected chi connectivity index (χ0v) is 11.9. The molecule has 5 heteroatoms. The van der Waals surface area contributed by atoms with E-state index in [4.69, 9.17) is 10.5 Å². The van der Waals surface area contributed by atoms with Gasteiger partial charge in [-0.2, -0.15) is 0 Å². The van der Waals surface area contributed by atoms with Crippen LogP contribution in [0.15, 0.2) is 18.2 Å². The van der Waals surface area contributed by atoms with Crippen LogP contribution in [0, 0.1) is 5.82 Å². The monoisotopic (exact) mass is 280 g/mol. The lowest BCUT2D eigenvalue weighted by molar-refractivity contribution is -0.136. The van der Waals surface area contributed by atoms with Gasteiger partial charge in [-0.05, 0) is 44.9 Å². The summed E-state index contributed by atoms with van der Waals surface area (Å²) in [6.07, 6.45) is 1.50. The number of benzene rings is 1. The minimum Gasteiger partial charge on any atom is -0.481 e. The fourth-order valence-electron chi connectivity index (χ4n) is 2.42. The minimum absolute atomic E-state index is 0.0255. The van der Waals surface area contributed by atoms with Crippen LogP contribution in [0.25, 0.3) is 0 Å². The van der Waals surface area contributed by atoms with Gasteiger partial charge in [-0.15, -0.1) is 0 Å². The van der Waals surface area contributed by atoms with E-state index in [-0.39, 0.29) is 17.8 Å². The zero-order valence-electron chi connectivity index (χ0n) is 11.9. The maximum absolute atomic E-state index is 13.3. The van der Waals surface area contributed by atoms with E-state index in [2.05, 4.69) is 0 Å². The summed E-state index contributed by atoms with van der Waals surface area (Å²) in [5, 5.41) is 0. The molecule has 1 aromatic carbocycles. The van der Waals surface area contributed by atoms with E-state index >= 15 is 0 Å². The van der Waals surface area contributed by atoms with Gasteiger partial charge in [-0.25, -0.2) is 4.39 Å². The Balaban J connectivity index is 2.10. The van der Waals surface area contributed by atoms with Crippen molar-refractivity contribution in [1.82, 2.24) is 4.90 Å². The first kappa shape index (κ1) is 14.8. The van der Waals surface area contributed by atoms with Crippen LogP contribution in [0.2, 0.25) is 0 Å². The summed E-state index contributed by atoms with van der Waals surface area (Å²) >= 11 is 0. The summed E-state index contributed by atoms with van der Waals surface area (Å²) in [5.41, 5.74) is 6.39. The first-order chi connectivity index (χ1) is 9.49. The van der Waals surface area contributed by atoms with Crippen LogP contribution in [-0.4, -0.2) is 30.0 Å². The van der Waals surface area contributed by atoms with Crippen molar-refractivity contribution in [3.8, 4) is 5.75 Å². The zero-order chi connectivity index (χ0) is 14.7. The molecule has 2 atom stereocenters. The summed E-state index contributed by atoms with van der Waals surface area (Å²) in [4.78, 5) is 14.0. The molecule has 20 heavy (non-hydrogen) atoms. The Morgan fingerprint density at radius 1 is 1.35 bits per heavy atom. The van der Waals surface area contributed by atoms with Crippen LogP contribution in [0.4, 0.5) is 4.39 Å². The Morgan fingerprint density at radius 2 is 2.00 bits per heavy atom. The molecule has 2 N–H and O–H groups in total. The lowest BCUT2D eigenvalue weighted by Gasteiger charge is -2.23. The summed E-state index contributed by atoms with van der Waals surface area (Å²) in [6.45, 7) is 5.05. The van der Waals surface area contributed by atoms with Crippen molar-refractivity contribution in [3.05, 3.63) is 29.6 Å². The molecule has 0 radical (unpaired) electrons. The maximum Gasteiger partial charge on any atom is 0.263 e. The molecule has 0 spiro atoms. The molecule has 1 heterocycles. The SMILES string of the molecule is CC(Oc1ccc(F)cc1C(C)N)C(=O)N1CCCC1. The first-order valence-electron chi connectivity index (χ1n) is 6.99. The van der Waals surface area contributed by atoms with Gasteiger partial charge in [-0.3, -0.25) is 4.79 Å². The number of amides is 1. The highest BCUT2D eigenvalue weighted by molar-refractivity contribution is 5.81. The number of halogens is 1. The van der Waals surface area contributed by atoms with Gasteiger partial charge in [-0.1, -0.05) is 0 Å². The number of carbonyl (C=O) groups is 1. The lowest BCUT2D eigenvalue weighted by atomic mass is 10.1. The first-order valence-corrected chi connectivity index (χ1v) is 6.99. The van der Waals surface area contributed by atoms with Gasteiger partial charge in [0.05, 0.1) is 0 Å². The van der Waals surface area contributed by atoms with Gasteiger partial charge in [0.2, 0.25) is 0 Å². The van der Waals surface area contributed by atoms with Gasteiger partial charge >= 0.3 is 0 Å². The summed E-state index contributed by atoms with van der Waals surface area (Å²) < 4.78 is 19.0. The number of likely N-dealkylation sites (tertiary alicyclic amines) is 1. The molecule has 110 valence electrons. The van der Waals surface area contributed by atoms with E-state index in [1.807, 2.05) is 0 Å². The number of nitrogens with zero attached hydrogens (tertiary/aromatic N) is 1.